The van der Waals surface area contributed by atoms with Crippen molar-refractivity contribution in [2.45, 2.75) is 25.4 Å². The lowest BCUT2D eigenvalue weighted by molar-refractivity contribution is -0.123. The van der Waals surface area contributed by atoms with Gasteiger partial charge < -0.3 is 14.6 Å². The highest BCUT2D eigenvalue weighted by Gasteiger charge is 2.29. The summed E-state index contributed by atoms with van der Waals surface area (Å²) >= 11 is 0. The summed E-state index contributed by atoms with van der Waals surface area (Å²) in [6.07, 6.45) is 1.73. The Labute approximate surface area is 67.3 Å². The van der Waals surface area contributed by atoms with Gasteiger partial charge in [-0.15, -0.1) is 0 Å². The first-order chi connectivity index (χ1) is 5.27. The number of aliphatic hydroxyl groups is 1. The second-order valence-corrected chi connectivity index (χ2v) is 3.02. The van der Waals surface area contributed by atoms with E-state index in [1.165, 1.54) is 0 Å². The molecule has 1 fully saturated rings. The van der Waals surface area contributed by atoms with Crippen LogP contribution in [-0.4, -0.2) is 37.1 Å². The van der Waals surface area contributed by atoms with E-state index < -0.39 is 5.60 Å². The normalized spacial score (nSPS) is 32.2. The van der Waals surface area contributed by atoms with Gasteiger partial charge in [-0.05, 0) is 19.8 Å². The van der Waals surface area contributed by atoms with Crippen LogP contribution < -0.4 is 0 Å². The molecule has 1 aliphatic heterocycles. The molecule has 1 saturated heterocycles. The fourth-order valence-corrected chi connectivity index (χ4v) is 1.24. The minimum absolute atomic E-state index is 0.406. The van der Waals surface area contributed by atoms with Crippen LogP contribution in [0.1, 0.15) is 19.8 Å². The maximum absolute atomic E-state index is 9.75. The summed E-state index contributed by atoms with van der Waals surface area (Å²) < 4.78 is 10.3. The summed E-state index contributed by atoms with van der Waals surface area (Å²) in [6.45, 7) is 4.18. The topological polar surface area (TPSA) is 38.7 Å². The molecule has 0 saturated carbocycles. The van der Waals surface area contributed by atoms with Crippen molar-refractivity contribution in [3.05, 3.63) is 0 Å². The van der Waals surface area contributed by atoms with Gasteiger partial charge in [0.15, 0.2) is 0 Å². The minimum atomic E-state index is -0.714. The first kappa shape index (κ1) is 8.97. The fraction of sp³-hybridized carbons (Fsp3) is 1.00. The smallest absolute Gasteiger partial charge is 0.111 e. The number of hydrogen-bond donors (Lipinski definition) is 1. The van der Waals surface area contributed by atoms with Crippen LogP contribution >= 0.6 is 0 Å². The first-order valence-electron chi connectivity index (χ1n) is 4.15. The summed E-state index contributed by atoms with van der Waals surface area (Å²) in [6, 6.07) is 0. The van der Waals surface area contributed by atoms with Crippen molar-refractivity contribution in [1.82, 2.24) is 0 Å². The highest BCUT2D eigenvalue weighted by Crippen LogP contribution is 2.18. The van der Waals surface area contributed by atoms with Crippen LogP contribution in [0, 0.1) is 0 Å². The van der Waals surface area contributed by atoms with Gasteiger partial charge in [-0.3, -0.25) is 0 Å². The lowest BCUT2D eigenvalue weighted by Gasteiger charge is -2.31. The third-order valence-electron chi connectivity index (χ3n) is 1.88. The second-order valence-electron chi connectivity index (χ2n) is 3.02. The molecule has 1 heterocycles. The second kappa shape index (κ2) is 4.04. The van der Waals surface area contributed by atoms with E-state index in [9.17, 15) is 5.11 Å². The highest BCUT2D eigenvalue weighted by molar-refractivity contribution is 4.80. The van der Waals surface area contributed by atoms with Crippen molar-refractivity contribution < 1.29 is 14.6 Å². The van der Waals surface area contributed by atoms with Gasteiger partial charge in [-0.1, -0.05) is 0 Å². The Morgan fingerprint density at radius 3 is 3.00 bits per heavy atom. The molecule has 0 aliphatic carbocycles. The van der Waals surface area contributed by atoms with Gasteiger partial charge >= 0.3 is 0 Å². The molecule has 0 aromatic rings. The van der Waals surface area contributed by atoms with Crippen LogP contribution in [0.2, 0.25) is 0 Å². The van der Waals surface area contributed by atoms with E-state index >= 15 is 0 Å². The molecule has 0 radical (unpaired) electrons. The molecule has 1 rings (SSSR count). The molecule has 11 heavy (non-hydrogen) atoms. The monoisotopic (exact) mass is 160 g/mol. The average Bonchev–Trinajstić information content (AvgIpc) is 2.03. The van der Waals surface area contributed by atoms with Crippen LogP contribution in [0.3, 0.4) is 0 Å². The summed E-state index contributed by atoms with van der Waals surface area (Å²) in [5.74, 6) is 0. The van der Waals surface area contributed by atoms with Crippen molar-refractivity contribution in [3.63, 3.8) is 0 Å². The van der Waals surface area contributed by atoms with Crippen molar-refractivity contribution in [2.75, 3.05) is 26.4 Å². The van der Waals surface area contributed by atoms with Gasteiger partial charge in [-0.25, -0.2) is 0 Å². The van der Waals surface area contributed by atoms with E-state index in [1.54, 1.807) is 0 Å². The summed E-state index contributed by atoms with van der Waals surface area (Å²) in [7, 11) is 0. The largest absolute Gasteiger partial charge is 0.385 e. The SMILES string of the molecule is CCOCC1(O)CCCOC1. The Bertz CT molecular complexity index is 108. The minimum Gasteiger partial charge on any atom is -0.385 e. The van der Waals surface area contributed by atoms with E-state index in [-0.39, 0.29) is 0 Å². The third-order valence-corrected chi connectivity index (χ3v) is 1.88. The molecule has 0 aromatic heterocycles. The van der Waals surface area contributed by atoms with Crippen LogP contribution in [0.4, 0.5) is 0 Å². The van der Waals surface area contributed by atoms with Gasteiger partial charge in [-0.2, -0.15) is 0 Å². The maximum atomic E-state index is 9.75. The van der Waals surface area contributed by atoms with Crippen molar-refractivity contribution >= 4 is 0 Å². The van der Waals surface area contributed by atoms with Gasteiger partial charge in [0.1, 0.15) is 5.60 Å². The fourth-order valence-electron chi connectivity index (χ4n) is 1.24. The summed E-state index contributed by atoms with van der Waals surface area (Å²) in [4.78, 5) is 0. The van der Waals surface area contributed by atoms with Gasteiger partial charge in [0.05, 0.1) is 13.2 Å². The zero-order valence-corrected chi connectivity index (χ0v) is 7.01. The molecule has 1 N–H and O–H groups in total. The lowest BCUT2D eigenvalue weighted by atomic mass is 9.98. The van der Waals surface area contributed by atoms with Crippen LogP contribution in [-0.2, 0) is 9.47 Å². The first-order valence-corrected chi connectivity index (χ1v) is 4.15. The Morgan fingerprint density at radius 1 is 1.64 bits per heavy atom. The van der Waals surface area contributed by atoms with E-state index in [1.807, 2.05) is 6.92 Å². The zero-order chi connectivity index (χ0) is 8.16. The Hall–Kier alpha value is -0.120. The average molecular weight is 160 g/mol. The predicted octanol–water partition coefficient (Wildman–Crippen LogP) is 0.564. The molecule has 1 atom stereocenters. The summed E-state index contributed by atoms with van der Waals surface area (Å²) in [5.41, 5.74) is -0.714. The number of ether oxygens (including phenoxy) is 2. The molecule has 0 aromatic carbocycles. The van der Waals surface area contributed by atoms with Gasteiger partial charge in [0, 0.05) is 13.2 Å². The van der Waals surface area contributed by atoms with Crippen LogP contribution in [0.15, 0.2) is 0 Å². The lowest BCUT2D eigenvalue weighted by Crippen LogP contribution is -2.42. The van der Waals surface area contributed by atoms with Gasteiger partial charge in [0.2, 0.25) is 0 Å². The molecule has 66 valence electrons. The number of rotatable bonds is 3. The van der Waals surface area contributed by atoms with Crippen molar-refractivity contribution in [1.29, 1.82) is 0 Å². The molecule has 3 heteroatoms. The standard InChI is InChI=1S/C8H16O3/c1-2-10-6-8(9)4-3-5-11-7-8/h9H,2-7H2,1H3. The van der Waals surface area contributed by atoms with Crippen molar-refractivity contribution in [2.24, 2.45) is 0 Å². The quantitative estimate of drug-likeness (QED) is 0.655. The molecular formula is C8H16O3. The van der Waals surface area contributed by atoms with Crippen LogP contribution in [0.5, 0.6) is 0 Å². The highest BCUT2D eigenvalue weighted by atomic mass is 16.5. The Kier molecular flexibility index (Phi) is 3.30. The van der Waals surface area contributed by atoms with E-state index in [0.717, 1.165) is 19.4 Å². The van der Waals surface area contributed by atoms with Crippen molar-refractivity contribution in [3.8, 4) is 0 Å². The summed E-state index contributed by atoms with van der Waals surface area (Å²) in [5, 5.41) is 9.75. The van der Waals surface area contributed by atoms with E-state index in [4.69, 9.17) is 9.47 Å². The molecule has 1 aliphatic rings. The Morgan fingerprint density at radius 2 is 2.45 bits per heavy atom. The number of hydrogen-bond acceptors (Lipinski definition) is 3. The Balaban J connectivity index is 2.25. The van der Waals surface area contributed by atoms with Gasteiger partial charge in [0.25, 0.3) is 0 Å². The molecule has 1 unspecified atom stereocenters. The predicted molar refractivity (Wildman–Crippen MR) is 41.5 cm³/mol. The molecular weight excluding hydrogens is 144 g/mol. The zero-order valence-electron chi connectivity index (χ0n) is 7.01. The van der Waals surface area contributed by atoms with E-state index in [0.29, 0.717) is 19.8 Å². The maximum Gasteiger partial charge on any atom is 0.111 e. The molecule has 3 nitrogen and oxygen atoms in total. The molecule has 0 spiro atoms. The molecule has 0 bridgehead atoms. The third kappa shape index (κ3) is 2.77. The van der Waals surface area contributed by atoms with Crippen LogP contribution in [0.25, 0.3) is 0 Å². The molecule has 0 amide bonds. The van der Waals surface area contributed by atoms with E-state index in [2.05, 4.69) is 0 Å².